The lowest BCUT2D eigenvalue weighted by atomic mass is 9.48. The van der Waals surface area contributed by atoms with Crippen molar-refractivity contribution in [3.63, 3.8) is 0 Å². The molecule has 4 heteroatoms. The molecule has 4 bridgehead atoms. The van der Waals surface area contributed by atoms with Crippen LogP contribution in [-0.2, 0) is 6.54 Å². The summed E-state index contributed by atoms with van der Waals surface area (Å²) >= 11 is 5.59. The Morgan fingerprint density at radius 1 is 1.12 bits per heavy atom. The molecule has 1 aromatic carbocycles. The summed E-state index contributed by atoms with van der Waals surface area (Å²) in [6.45, 7) is 3.11. The average Bonchev–Trinajstić information content (AvgIpc) is 2.59. The number of hydrogen-bond donors (Lipinski definition) is 2. The highest BCUT2D eigenvalue weighted by Gasteiger charge is 2.53. The van der Waals surface area contributed by atoms with Crippen LogP contribution in [0, 0.1) is 23.2 Å². The van der Waals surface area contributed by atoms with E-state index in [1.165, 1.54) is 44.1 Å². The van der Waals surface area contributed by atoms with Crippen LogP contribution in [0.25, 0.3) is 0 Å². The van der Waals surface area contributed by atoms with Crippen LogP contribution in [0.15, 0.2) is 24.3 Å². The van der Waals surface area contributed by atoms with Crippen molar-refractivity contribution in [3.05, 3.63) is 29.8 Å². The van der Waals surface area contributed by atoms with Gasteiger partial charge in [0.05, 0.1) is 7.11 Å². The third-order valence-electron chi connectivity index (χ3n) is 6.96. The molecule has 4 saturated carbocycles. The molecule has 0 radical (unpaired) electrons. The lowest BCUT2D eigenvalue weighted by Gasteiger charge is -2.59. The molecule has 3 nitrogen and oxygen atoms in total. The molecule has 25 heavy (non-hydrogen) atoms. The SMILES string of the molecule is COc1ccc(CNC(=S)NC(C)C23CC4CC(CC(C4)C2)C3)cc1. The van der Waals surface area contributed by atoms with Crippen LogP contribution >= 0.6 is 12.2 Å². The van der Waals surface area contributed by atoms with E-state index in [0.717, 1.165) is 35.2 Å². The highest BCUT2D eigenvalue weighted by molar-refractivity contribution is 7.80. The normalized spacial score (nSPS) is 33.8. The first-order chi connectivity index (χ1) is 12.1. The summed E-state index contributed by atoms with van der Waals surface area (Å²) in [5, 5.41) is 7.80. The quantitative estimate of drug-likeness (QED) is 0.771. The van der Waals surface area contributed by atoms with Gasteiger partial charge >= 0.3 is 0 Å². The summed E-state index contributed by atoms with van der Waals surface area (Å²) in [4.78, 5) is 0. The van der Waals surface area contributed by atoms with Gasteiger partial charge in [0.2, 0.25) is 0 Å². The Balaban J connectivity index is 1.31. The highest BCUT2D eigenvalue weighted by atomic mass is 32.1. The summed E-state index contributed by atoms with van der Waals surface area (Å²) in [5.41, 5.74) is 1.70. The van der Waals surface area contributed by atoms with Gasteiger partial charge < -0.3 is 15.4 Å². The number of ether oxygens (including phenoxy) is 1. The van der Waals surface area contributed by atoms with Crippen molar-refractivity contribution in [1.29, 1.82) is 0 Å². The molecule has 136 valence electrons. The van der Waals surface area contributed by atoms with Crippen molar-refractivity contribution in [1.82, 2.24) is 10.6 Å². The fourth-order valence-electron chi connectivity index (χ4n) is 6.03. The monoisotopic (exact) mass is 358 g/mol. The van der Waals surface area contributed by atoms with Gasteiger partial charge in [-0.2, -0.15) is 0 Å². The van der Waals surface area contributed by atoms with Crippen LogP contribution in [0.3, 0.4) is 0 Å². The molecule has 0 saturated heterocycles. The maximum Gasteiger partial charge on any atom is 0.166 e. The molecule has 0 aromatic heterocycles. The topological polar surface area (TPSA) is 33.3 Å². The second-order valence-corrected chi connectivity index (χ2v) is 9.08. The average molecular weight is 359 g/mol. The molecular formula is C21H30N2OS. The number of benzene rings is 1. The summed E-state index contributed by atoms with van der Waals surface area (Å²) in [7, 11) is 1.69. The molecule has 1 atom stereocenters. The van der Waals surface area contributed by atoms with Crippen LogP contribution in [0.5, 0.6) is 5.75 Å². The van der Waals surface area contributed by atoms with Gasteiger partial charge in [-0.25, -0.2) is 0 Å². The predicted octanol–water partition coefficient (Wildman–Crippen LogP) is 4.26. The molecule has 2 N–H and O–H groups in total. The third-order valence-corrected chi connectivity index (χ3v) is 7.23. The number of thiocarbonyl (C=S) groups is 1. The molecule has 0 spiro atoms. The van der Waals surface area contributed by atoms with Crippen LogP contribution in [-0.4, -0.2) is 18.3 Å². The van der Waals surface area contributed by atoms with E-state index in [1.54, 1.807) is 7.11 Å². The lowest BCUT2D eigenvalue weighted by Crippen LogP contribution is -2.57. The summed E-state index contributed by atoms with van der Waals surface area (Å²) in [5.74, 6) is 3.84. The minimum absolute atomic E-state index is 0.469. The van der Waals surface area contributed by atoms with E-state index in [0.29, 0.717) is 11.5 Å². The van der Waals surface area contributed by atoms with Gasteiger partial charge in [0.15, 0.2) is 5.11 Å². The Morgan fingerprint density at radius 2 is 1.68 bits per heavy atom. The minimum Gasteiger partial charge on any atom is -0.497 e. The first kappa shape index (κ1) is 17.1. The Hall–Kier alpha value is -1.29. The van der Waals surface area contributed by atoms with Gasteiger partial charge in [0, 0.05) is 12.6 Å². The molecule has 4 aliphatic carbocycles. The Bertz CT molecular complexity index is 592. The van der Waals surface area contributed by atoms with E-state index in [2.05, 4.69) is 29.7 Å². The molecule has 0 heterocycles. The fourth-order valence-corrected chi connectivity index (χ4v) is 6.28. The summed E-state index contributed by atoms with van der Waals surface area (Å²) in [6, 6.07) is 8.61. The fraction of sp³-hybridized carbons (Fsp3) is 0.667. The zero-order valence-corrected chi connectivity index (χ0v) is 16.2. The molecule has 1 aromatic rings. The Kier molecular flexibility index (Phi) is 4.65. The summed E-state index contributed by atoms with van der Waals surface area (Å²) in [6.07, 6.45) is 8.71. The van der Waals surface area contributed by atoms with Crippen LogP contribution in [0.2, 0.25) is 0 Å². The summed E-state index contributed by atoms with van der Waals surface area (Å²) < 4.78 is 5.21. The number of nitrogens with one attached hydrogen (secondary N) is 2. The molecular weight excluding hydrogens is 328 g/mol. The van der Waals surface area contributed by atoms with Gasteiger partial charge in [0.1, 0.15) is 5.75 Å². The molecule has 0 amide bonds. The smallest absolute Gasteiger partial charge is 0.166 e. The van der Waals surface area contributed by atoms with E-state index < -0.39 is 0 Å². The van der Waals surface area contributed by atoms with E-state index in [-0.39, 0.29) is 0 Å². The molecule has 4 aliphatic rings. The van der Waals surface area contributed by atoms with Gasteiger partial charge in [-0.05, 0) is 98.5 Å². The standard InChI is InChI=1S/C21H30N2OS/c1-14(21-10-16-7-17(11-21)9-18(8-16)12-21)23-20(25)22-13-15-3-5-19(24-2)6-4-15/h3-6,14,16-18H,7-13H2,1-2H3,(H2,22,23,25). The Morgan fingerprint density at radius 3 is 2.20 bits per heavy atom. The second-order valence-electron chi connectivity index (χ2n) is 8.68. The van der Waals surface area contributed by atoms with Crippen molar-refractivity contribution >= 4 is 17.3 Å². The van der Waals surface area contributed by atoms with E-state index in [1.807, 2.05) is 12.1 Å². The largest absolute Gasteiger partial charge is 0.497 e. The molecule has 1 unspecified atom stereocenters. The molecule has 5 rings (SSSR count). The van der Waals surface area contributed by atoms with E-state index in [9.17, 15) is 0 Å². The first-order valence-corrected chi connectivity index (χ1v) is 10.1. The van der Waals surface area contributed by atoms with Gasteiger partial charge in [0.25, 0.3) is 0 Å². The van der Waals surface area contributed by atoms with Crippen molar-refractivity contribution in [2.75, 3.05) is 7.11 Å². The lowest BCUT2D eigenvalue weighted by molar-refractivity contribution is -0.0672. The number of rotatable bonds is 5. The van der Waals surface area contributed by atoms with Crippen molar-refractivity contribution in [3.8, 4) is 5.75 Å². The third kappa shape index (κ3) is 3.51. The predicted molar refractivity (Wildman–Crippen MR) is 106 cm³/mol. The maximum absolute atomic E-state index is 5.59. The maximum atomic E-state index is 5.59. The first-order valence-electron chi connectivity index (χ1n) is 9.73. The second kappa shape index (κ2) is 6.79. The van der Waals surface area contributed by atoms with Crippen molar-refractivity contribution in [2.45, 2.75) is 58.0 Å². The van der Waals surface area contributed by atoms with Crippen LogP contribution in [0.4, 0.5) is 0 Å². The van der Waals surface area contributed by atoms with Gasteiger partial charge in [-0.3, -0.25) is 0 Å². The zero-order valence-electron chi connectivity index (χ0n) is 15.4. The van der Waals surface area contributed by atoms with Gasteiger partial charge in [-0.1, -0.05) is 12.1 Å². The minimum atomic E-state index is 0.469. The number of methoxy groups -OCH3 is 1. The van der Waals surface area contributed by atoms with Crippen LogP contribution in [0.1, 0.15) is 51.0 Å². The van der Waals surface area contributed by atoms with E-state index in [4.69, 9.17) is 17.0 Å². The number of hydrogen-bond acceptors (Lipinski definition) is 2. The molecule has 4 fully saturated rings. The highest BCUT2D eigenvalue weighted by Crippen LogP contribution is 2.61. The van der Waals surface area contributed by atoms with Crippen molar-refractivity contribution < 1.29 is 4.74 Å². The van der Waals surface area contributed by atoms with Gasteiger partial charge in [-0.15, -0.1) is 0 Å². The zero-order chi connectivity index (χ0) is 17.4. The molecule has 0 aliphatic heterocycles. The van der Waals surface area contributed by atoms with E-state index >= 15 is 0 Å². The van der Waals surface area contributed by atoms with Crippen molar-refractivity contribution in [2.24, 2.45) is 23.2 Å². The van der Waals surface area contributed by atoms with Crippen LogP contribution < -0.4 is 15.4 Å². The Labute approximate surface area is 156 Å².